The van der Waals surface area contributed by atoms with Crippen LogP contribution in [-0.2, 0) is 4.74 Å². The lowest BCUT2D eigenvalue weighted by Crippen LogP contribution is -2.40. The van der Waals surface area contributed by atoms with Gasteiger partial charge in [-0.25, -0.2) is 0 Å². The van der Waals surface area contributed by atoms with Crippen molar-refractivity contribution in [3.63, 3.8) is 0 Å². The summed E-state index contributed by atoms with van der Waals surface area (Å²) in [6, 6.07) is 0. The van der Waals surface area contributed by atoms with Crippen LogP contribution in [-0.4, -0.2) is 35.1 Å². The topological polar surface area (TPSA) is 49.7 Å². The highest BCUT2D eigenvalue weighted by atomic mass is 16.5. The maximum absolute atomic E-state index is 9.55. The van der Waals surface area contributed by atoms with Crippen molar-refractivity contribution in [2.45, 2.75) is 45.0 Å². The Morgan fingerprint density at radius 3 is 2.33 bits per heavy atom. The van der Waals surface area contributed by atoms with Crippen LogP contribution in [0.25, 0.3) is 0 Å². The molecule has 1 heterocycles. The van der Waals surface area contributed by atoms with Gasteiger partial charge in [0.25, 0.3) is 0 Å². The molecular weight excluding hydrogens is 156 g/mol. The average molecular weight is 174 g/mol. The average Bonchev–Trinajstić information content (AvgIpc) is 1.82. The molecule has 1 fully saturated rings. The maximum atomic E-state index is 9.55. The van der Waals surface area contributed by atoms with Crippen LogP contribution < -0.4 is 0 Å². The molecule has 0 aromatic heterocycles. The first kappa shape index (κ1) is 9.96. The van der Waals surface area contributed by atoms with E-state index >= 15 is 0 Å². The Morgan fingerprint density at radius 1 is 1.42 bits per heavy atom. The third kappa shape index (κ3) is 2.44. The summed E-state index contributed by atoms with van der Waals surface area (Å²) in [7, 11) is 0. The van der Waals surface area contributed by atoms with Gasteiger partial charge in [-0.3, -0.25) is 0 Å². The molecule has 0 spiro atoms. The van der Waals surface area contributed by atoms with Crippen molar-refractivity contribution in [1.82, 2.24) is 0 Å². The van der Waals surface area contributed by atoms with Gasteiger partial charge in [-0.05, 0) is 25.7 Å². The quantitative estimate of drug-likeness (QED) is 0.654. The largest absolute Gasteiger partial charge is 0.393 e. The fourth-order valence-electron chi connectivity index (χ4n) is 1.29. The fourth-order valence-corrected chi connectivity index (χ4v) is 1.29. The first-order valence-electron chi connectivity index (χ1n) is 4.59. The van der Waals surface area contributed by atoms with Gasteiger partial charge in [0.05, 0.1) is 18.3 Å². The number of aliphatic hydroxyl groups excluding tert-OH is 2. The smallest absolute Gasteiger partial charge is 0.0855 e. The molecule has 1 saturated heterocycles. The third-order valence-electron chi connectivity index (χ3n) is 2.60. The van der Waals surface area contributed by atoms with E-state index in [4.69, 9.17) is 4.74 Å². The first-order chi connectivity index (χ1) is 5.61. The Bertz CT molecular complexity index is 132. The van der Waals surface area contributed by atoms with Gasteiger partial charge in [0, 0.05) is 6.61 Å². The summed E-state index contributed by atoms with van der Waals surface area (Å²) in [5.74, 6) is 0.143. The van der Waals surface area contributed by atoms with E-state index in [1.807, 2.05) is 6.92 Å². The lowest BCUT2D eigenvalue weighted by Gasteiger charge is -2.32. The summed E-state index contributed by atoms with van der Waals surface area (Å²) in [4.78, 5) is 0. The fraction of sp³-hybridized carbons (Fsp3) is 1.00. The molecule has 1 aliphatic rings. The van der Waals surface area contributed by atoms with Gasteiger partial charge in [0.1, 0.15) is 0 Å². The lowest BCUT2D eigenvalue weighted by atomic mass is 9.93. The highest BCUT2D eigenvalue weighted by molar-refractivity contribution is 4.78. The summed E-state index contributed by atoms with van der Waals surface area (Å²) in [6.45, 7) is 4.45. The van der Waals surface area contributed by atoms with Crippen molar-refractivity contribution in [2.24, 2.45) is 5.92 Å². The summed E-state index contributed by atoms with van der Waals surface area (Å²) in [5, 5.41) is 18.7. The van der Waals surface area contributed by atoms with Crippen LogP contribution in [0.15, 0.2) is 0 Å². The van der Waals surface area contributed by atoms with Crippen LogP contribution in [0.5, 0.6) is 0 Å². The Morgan fingerprint density at radius 2 is 2.00 bits per heavy atom. The number of ether oxygens (including phenoxy) is 1. The van der Waals surface area contributed by atoms with Crippen LogP contribution in [0.4, 0.5) is 0 Å². The van der Waals surface area contributed by atoms with Crippen LogP contribution >= 0.6 is 0 Å². The van der Waals surface area contributed by atoms with Gasteiger partial charge >= 0.3 is 0 Å². The van der Waals surface area contributed by atoms with E-state index < -0.39 is 6.10 Å². The molecule has 12 heavy (non-hydrogen) atoms. The predicted octanol–water partition coefficient (Wildman–Crippen LogP) is 0.543. The molecule has 2 N–H and O–H groups in total. The maximum Gasteiger partial charge on any atom is 0.0855 e. The standard InChI is InChI=1S/C9H18O3/c1-6(7(2)10)5-8(11)9-3-4-12-9/h6-11H,3-5H2,1-2H3. The van der Waals surface area contributed by atoms with Crippen LogP contribution in [0.1, 0.15) is 26.7 Å². The van der Waals surface area contributed by atoms with Crippen molar-refractivity contribution >= 4 is 0 Å². The molecule has 0 aromatic rings. The van der Waals surface area contributed by atoms with Crippen molar-refractivity contribution < 1.29 is 14.9 Å². The van der Waals surface area contributed by atoms with E-state index in [1.54, 1.807) is 6.92 Å². The van der Waals surface area contributed by atoms with Gasteiger partial charge in [0.15, 0.2) is 0 Å². The zero-order valence-electron chi connectivity index (χ0n) is 7.73. The summed E-state index contributed by atoms with van der Waals surface area (Å²) in [5.41, 5.74) is 0. The highest BCUT2D eigenvalue weighted by Crippen LogP contribution is 2.21. The Kier molecular flexibility index (Phi) is 3.50. The van der Waals surface area contributed by atoms with E-state index in [2.05, 4.69) is 0 Å². The zero-order valence-corrected chi connectivity index (χ0v) is 7.73. The Labute approximate surface area is 73.4 Å². The predicted molar refractivity (Wildman–Crippen MR) is 45.8 cm³/mol. The molecule has 3 nitrogen and oxygen atoms in total. The highest BCUT2D eigenvalue weighted by Gasteiger charge is 2.28. The first-order valence-corrected chi connectivity index (χ1v) is 4.59. The second-order valence-electron chi connectivity index (χ2n) is 3.72. The molecule has 0 saturated carbocycles. The van der Waals surface area contributed by atoms with Gasteiger partial charge in [-0.1, -0.05) is 6.92 Å². The zero-order chi connectivity index (χ0) is 9.14. The van der Waals surface area contributed by atoms with E-state index in [1.165, 1.54) is 0 Å². The SMILES string of the molecule is CC(O)C(C)CC(O)C1CCO1. The molecule has 72 valence electrons. The molecule has 4 unspecified atom stereocenters. The van der Waals surface area contributed by atoms with Crippen LogP contribution in [0.3, 0.4) is 0 Å². The Balaban J connectivity index is 2.20. The van der Waals surface area contributed by atoms with Crippen LogP contribution in [0, 0.1) is 5.92 Å². The van der Waals surface area contributed by atoms with Gasteiger partial charge < -0.3 is 14.9 Å². The molecule has 0 radical (unpaired) electrons. The summed E-state index contributed by atoms with van der Waals surface area (Å²) in [6.07, 6.45) is 0.852. The minimum atomic E-state index is -0.400. The Hall–Kier alpha value is -0.120. The van der Waals surface area contributed by atoms with Gasteiger partial charge in [0.2, 0.25) is 0 Å². The van der Waals surface area contributed by atoms with Crippen molar-refractivity contribution in [3.8, 4) is 0 Å². The number of hydrogen-bond donors (Lipinski definition) is 2. The second-order valence-corrected chi connectivity index (χ2v) is 3.72. The van der Waals surface area contributed by atoms with Crippen LogP contribution in [0.2, 0.25) is 0 Å². The third-order valence-corrected chi connectivity index (χ3v) is 2.60. The molecule has 0 aromatic carbocycles. The van der Waals surface area contributed by atoms with Crippen molar-refractivity contribution in [1.29, 1.82) is 0 Å². The molecule has 0 bridgehead atoms. The monoisotopic (exact) mass is 174 g/mol. The van der Waals surface area contributed by atoms with Crippen molar-refractivity contribution in [2.75, 3.05) is 6.61 Å². The lowest BCUT2D eigenvalue weighted by molar-refractivity contribution is -0.124. The van der Waals surface area contributed by atoms with E-state index in [9.17, 15) is 10.2 Å². The van der Waals surface area contributed by atoms with E-state index in [-0.39, 0.29) is 18.1 Å². The van der Waals surface area contributed by atoms with E-state index in [0.717, 1.165) is 13.0 Å². The molecule has 0 amide bonds. The van der Waals surface area contributed by atoms with E-state index in [0.29, 0.717) is 6.42 Å². The molecule has 0 aliphatic carbocycles. The molecule has 3 heteroatoms. The minimum absolute atomic E-state index is 0.0196. The molecule has 1 aliphatic heterocycles. The number of rotatable bonds is 4. The summed E-state index contributed by atoms with van der Waals surface area (Å²) < 4.78 is 5.14. The number of hydrogen-bond acceptors (Lipinski definition) is 3. The van der Waals surface area contributed by atoms with Crippen molar-refractivity contribution in [3.05, 3.63) is 0 Å². The van der Waals surface area contributed by atoms with Gasteiger partial charge in [-0.2, -0.15) is 0 Å². The second kappa shape index (κ2) is 4.21. The summed E-state index contributed by atoms with van der Waals surface area (Å²) >= 11 is 0. The number of aliphatic hydroxyl groups is 2. The normalized spacial score (nSPS) is 30.5. The molecular formula is C9H18O3. The van der Waals surface area contributed by atoms with Gasteiger partial charge in [-0.15, -0.1) is 0 Å². The molecule has 1 rings (SSSR count). The minimum Gasteiger partial charge on any atom is -0.393 e. The molecule has 4 atom stereocenters.